The smallest absolute Gasteiger partial charge is 0.255 e. The molecule has 0 fully saturated rings. The molecule has 1 aliphatic rings. The van der Waals surface area contributed by atoms with Gasteiger partial charge in [0.05, 0.1) is 22.6 Å². The van der Waals surface area contributed by atoms with E-state index in [9.17, 15) is 4.79 Å². The van der Waals surface area contributed by atoms with Gasteiger partial charge in [0.15, 0.2) is 0 Å². The van der Waals surface area contributed by atoms with Gasteiger partial charge in [0, 0.05) is 27.2 Å². The lowest BCUT2D eigenvalue weighted by molar-refractivity contribution is 0.0801. The van der Waals surface area contributed by atoms with Gasteiger partial charge in [-0.1, -0.05) is 24.3 Å². The predicted octanol–water partition coefficient (Wildman–Crippen LogP) is 2.95. The third-order valence-electron chi connectivity index (χ3n) is 3.87. The monoisotopic (exact) mass is 281 g/mol. The van der Waals surface area contributed by atoms with Gasteiger partial charge in [0.2, 0.25) is 0 Å². The van der Waals surface area contributed by atoms with Crippen molar-refractivity contribution in [2.45, 2.75) is 0 Å². The first-order valence-electron chi connectivity index (χ1n) is 7.09. The molecular formula is C17H19N3O. The molecule has 1 N–H and O–H groups in total. The van der Waals surface area contributed by atoms with Crippen molar-refractivity contribution in [1.82, 2.24) is 4.90 Å². The number of carbonyl (C=O) groups is 1. The van der Waals surface area contributed by atoms with Gasteiger partial charge in [-0.3, -0.25) is 4.79 Å². The van der Waals surface area contributed by atoms with Crippen molar-refractivity contribution in [2.24, 2.45) is 0 Å². The largest absolute Gasteiger partial charge is 0.382 e. The predicted molar refractivity (Wildman–Crippen MR) is 86.4 cm³/mol. The zero-order valence-corrected chi connectivity index (χ0v) is 12.3. The van der Waals surface area contributed by atoms with Crippen molar-refractivity contribution in [1.29, 1.82) is 0 Å². The number of benzene rings is 2. The van der Waals surface area contributed by atoms with Crippen molar-refractivity contribution in [2.75, 3.05) is 37.4 Å². The Balaban J connectivity index is 2.16. The van der Waals surface area contributed by atoms with Crippen molar-refractivity contribution in [3.8, 4) is 0 Å². The lowest BCUT2D eigenvalue weighted by Crippen LogP contribution is -2.33. The Morgan fingerprint density at radius 3 is 2.43 bits per heavy atom. The first-order valence-corrected chi connectivity index (χ1v) is 7.09. The average Bonchev–Trinajstić information content (AvgIpc) is 2.53. The number of carbonyl (C=O) groups excluding carboxylic acids is 1. The molecule has 21 heavy (non-hydrogen) atoms. The number of fused-ring (bicyclic) bond motifs is 2. The van der Waals surface area contributed by atoms with Crippen LogP contribution in [0.15, 0.2) is 48.5 Å². The molecule has 0 radical (unpaired) electrons. The first kappa shape index (κ1) is 13.5. The summed E-state index contributed by atoms with van der Waals surface area (Å²) in [4.78, 5) is 16.4. The van der Waals surface area contributed by atoms with Crippen LogP contribution in [0.1, 0.15) is 10.4 Å². The SMILES string of the molecule is CN1CCNc2ccccc2N(C)c2ccccc2C1=O. The standard InChI is InChI=1S/C17H19N3O/c1-19-12-11-18-14-8-4-6-10-16(14)20(2)15-9-5-3-7-13(15)17(19)21/h3-10,18H,11-12H2,1-2H3. The number of nitrogens with zero attached hydrogens (tertiary/aromatic N) is 2. The Labute approximate surface area is 125 Å². The van der Waals surface area contributed by atoms with Crippen molar-refractivity contribution < 1.29 is 4.79 Å². The Bertz CT molecular complexity index is 669. The summed E-state index contributed by atoms with van der Waals surface area (Å²) in [5.41, 5.74) is 3.81. The molecule has 0 saturated carbocycles. The number of likely N-dealkylation sites (N-methyl/N-ethyl adjacent to an activating group) is 1. The molecule has 0 spiro atoms. The van der Waals surface area contributed by atoms with E-state index in [1.807, 2.05) is 50.5 Å². The second-order valence-corrected chi connectivity index (χ2v) is 5.25. The highest BCUT2D eigenvalue weighted by atomic mass is 16.2. The minimum absolute atomic E-state index is 0.0543. The lowest BCUT2D eigenvalue weighted by Gasteiger charge is -2.28. The van der Waals surface area contributed by atoms with Crippen LogP contribution in [-0.2, 0) is 0 Å². The van der Waals surface area contributed by atoms with Gasteiger partial charge in [0.25, 0.3) is 5.91 Å². The minimum atomic E-state index is 0.0543. The fourth-order valence-electron chi connectivity index (χ4n) is 2.66. The molecule has 1 heterocycles. The molecule has 4 heteroatoms. The van der Waals surface area contributed by atoms with Crippen LogP contribution in [0, 0.1) is 0 Å². The number of anilines is 3. The minimum Gasteiger partial charge on any atom is -0.382 e. The van der Waals surface area contributed by atoms with E-state index in [1.165, 1.54) is 0 Å². The normalized spacial score (nSPS) is 15.0. The summed E-state index contributed by atoms with van der Waals surface area (Å²) in [6.45, 7) is 1.40. The molecular weight excluding hydrogens is 262 g/mol. The summed E-state index contributed by atoms with van der Waals surface area (Å²) in [5.74, 6) is 0.0543. The summed E-state index contributed by atoms with van der Waals surface area (Å²) < 4.78 is 0. The molecule has 1 amide bonds. The maximum absolute atomic E-state index is 12.6. The van der Waals surface area contributed by atoms with E-state index in [0.29, 0.717) is 6.54 Å². The molecule has 2 aromatic carbocycles. The van der Waals surface area contributed by atoms with Gasteiger partial charge >= 0.3 is 0 Å². The molecule has 2 aromatic rings. The molecule has 108 valence electrons. The fraction of sp³-hybridized carbons (Fsp3) is 0.235. The highest BCUT2D eigenvalue weighted by molar-refractivity contribution is 6.01. The molecule has 0 aliphatic carbocycles. The van der Waals surface area contributed by atoms with Crippen molar-refractivity contribution >= 4 is 23.0 Å². The number of para-hydroxylation sites is 3. The highest BCUT2D eigenvalue weighted by Crippen LogP contribution is 2.33. The van der Waals surface area contributed by atoms with Crippen LogP contribution in [-0.4, -0.2) is 38.0 Å². The number of hydrogen-bond acceptors (Lipinski definition) is 3. The molecule has 3 rings (SSSR count). The van der Waals surface area contributed by atoms with Gasteiger partial charge in [0.1, 0.15) is 0 Å². The molecule has 0 unspecified atom stereocenters. The molecule has 1 aliphatic heterocycles. The summed E-state index contributed by atoms with van der Waals surface area (Å²) in [5, 5.41) is 3.41. The Morgan fingerprint density at radius 2 is 1.62 bits per heavy atom. The van der Waals surface area contributed by atoms with Gasteiger partial charge in [-0.25, -0.2) is 0 Å². The van der Waals surface area contributed by atoms with E-state index < -0.39 is 0 Å². The van der Waals surface area contributed by atoms with Gasteiger partial charge in [-0.05, 0) is 24.3 Å². The molecule has 0 saturated heterocycles. The van der Waals surface area contributed by atoms with E-state index in [1.54, 1.807) is 4.90 Å². The van der Waals surface area contributed by atoms with E-state index in [-0.39, 0.29) is 5.91 Å². The second kappa shape index (κ2) is 5.48. The van der Waals surface area contributed by atoms with Gasteiger partial charge in [-0.2, -0.15) is 0 Å². The molecule has 0 bridgehead atoms. The zero-order chi connectivity index (χ0) is 14.8. The van der Waals surface area contributed by atoms with Crippen LogP contribution in [0.3, 0.4) is 0 Å². The first-order chi connectivity index (χ1) is 10.2. The van der Waals surface area contributed by atoms with Crippen molar-refractivity contribution in [3.05, 3.63) is 54.1 Å². The van der Waals surface area contributed by atoms with E-state index in [4.69, 9.17) is 0 Å². The van der Waals surface area contributed by atoms with Gasteiger partial charge in [-0.15, -0.1) is 0 Å². The van der Waals surface area contributed by atoms with Crippen LogP contribution in [0.4, 0.5) is 17.1 Å². The summed E-state index contributed by atoms with van der Waals surface area (Å²) >= 11 is 0. The molecule has 0 atom stereocenters. The topological polar surface area (TPSA) is 35.6 Å². The van der Waals surface area contributed by atoms with Crippen LogP contribution < -0.4 is 10.2 Å². The average molecular weight is 281 g/mol. The van der Waals surface area contributed by atoms with E-state index in [0.717, 1.165) is 29.2 Å². The summed E-state index contributed by atoms with van der Waals surface area (Å²) in [6, 6.07) is 15.9. The highest BCUT2D eigenvalue weighted by Gasteiger charge is 2.20. The number of rotatable bonds is 0. The van der Waals surface area contributed by atoms with E-state index in [2.05, 4.69) is 22.3 Å². The number of hydrogen-bond donors (Lipinski definition) is 1. The van der Waals surface area contributed by atoms with Crippen LogP contribution in [0.5, 0.6) is 0 Å². The third-order valence-corrected chi connectivity index (χ3v) is 3.87. The van der Waals surface area contributed by atoms with Gasteiger partial charge < -0.3 is 15.1 Å². The Kier molecular flexibility index (Phi) is 3.52. The lowest BCUT2D eigenvalue weighted by atomic mass is 10.1. The fourth-order valence-corrected chi connectivity index (χ4v) is 2.66. The van der Waals surface area contributed by atoms with Crippen molar-refractivity contribution in [3.63, 3.8) is 0 Å². The summed E-state index contributed by atoms with van der Waals surface area (Å²) in [6.07, 6.45) is 0. The number of nitrogens with one attached hydrogen (secondary N) is 1. The van der Waals surface area contributed by atoms with Crippen LogP contribution >= 0.6 is 0 Å². The Morgan fingerprint density at radius 1 is 0.952 bits per heavy atom. The quantitative estimate of drug-likeness (QED) is 0.806. The maximum atomic E-state index is 12.6. The third kappa shape index (κ3) is 2.44. The van der Waals surface area contributed by atoms with Crippen LogP contribution in [0.25, 0.3) is 0 Å². The van der Waals surface area contributed by atoms with Crippen LogP contribution in [0.2, 0.25) is 0 Å². The molecule has 4 nitrogen and oxygen atoms in total. The molecule has 0 aromatic heterocycles. The maximum Gasteiger partial charge on any atom is 0.255 e. The summed E-state index contributed by atoms with van der Waals surface area (Å²) in [7, 11) is 3.84. The zero-order valence-electron chi connectivity index (χ0n) is 12.3. The van der Waals surface area contributed by atoms with E-state index >= 15 is 0 Å². The number of amides is 1. The second-order valence-electron chi connectivity index (χ2n) is 5.25. The Hall–Kier alpha value is -2.49.